The third-order valence-electron chi connectivity index (χ3n) is 3.38. The third kappa shape index (κ3) is 2.87. The molecule has 19 heavy (non-hydrogen) atoms. The minimum atomic E-state index is -0.695. The van der Waals surface area contributed by atoms with Gasteiger partial charge in [-0.3, -0.25) is 4.79 Å². The predicted molar refractivity (Wildman–Crippen MR) is 68.6 cm³/mol. The number of aromatic hydroxyl groups is 1. The minimum Gasteiger partial charge on any atom is -0.508 e. The summed E-state index contributed by atoms with van der Waals surface area (Å²) in [4.78, 5) is 14.1. The lowest BCUT2D eigenvalue weighted by Gasteiger charge is -2.38. The van der Waals surface area contributed by atoms with E-state index in [1.54, 1.807) is 4.90 Å². The van der Waals surface area contributed by atoms with Crippen LogP contribution in [0.5, 0.6) is 5.75 Å². The van der Waals surface area contributed by atoms with Crippen LogP contribution in [0.1, 0.15) is 30.6 Å². The van der Waals surface area contributed by atoms with Crippen LogP contribution in [0.25, 0.3) is 0 Å². The lowest BCUT2D eigenvalue weighted by Crippen LogP contribution is -2.51. The van der Waals surface area contributed by atoms with Crippen molar-refractivity contribution < 1.29 is 19.0 Å². The van der Waals surface area contributed by atoms with Gasteiger partial charge < -0.3 is 14.7 Å². The van der Waals surface area contributed by atoms with Gasteiger partial charge in [-0.1, -0.05) is 6.92 Å². The summed E-state index contributed by atoms with van der Waals surface area (Å²) in [5.74, 6) is -1.23. The summed E-state index contributed by atoms with van der Waals surface area (Å²) in [6.07, 6.45) is 0.713. The molecule has 4 nitrogen and oxygen atoms in total. The molecule has 5 heteroatoms. The van der Waals surface area contributed by atoms with E-state index >= 15 is 0 Å². The Bertz CT molecular complexity index is 478. The fourth-order valence-corrected chi connectivity index (χ4v) is 2.26. The van der Waals surface area contributed by atoms with Crippen molar-refractivity contribution in [2.45, 2.75) is 32.4 Å². The van der Waals surface area contributed by atoms with E-state index in [1.807, 2.05) is 13.8 Å². The fraction of sp³-hybridized carbons (Fsp3) is 0.500. The van der Waals surface area contributed by atoms with Crippen molar-refractivity contribution in [3.05, 3.63) is 29.6 Å². The summed E-state index contributed by atoms with van der Waals surface area (Å²) in [6.45, 7) is 4.79. The number of nitrogens with zero attached hydrogens (tertiary/aromatic N) is 1. The molecule has 0 aliphatic carbocycles. The molecule has 0 bridgehead atoms. The molecule has 1 fully saturated rings. The van der Waals surface area contributed by atoms with E-state index in [9.17, 15) is 14.3 Å². The molecule has 0 radical (unpaired) electrons. The molecule has 0 spiro atoms. The molecule has 0 aromatic heterocycles. The number of ether oxygens (including phenoxy) is 1. The number of hydrogen-bond donors (Lipinski definition) is 1. The van der Waals surface area contributed by atoms with E-state index < -0.39 is 5.82 Å². The molecular formula is C14H18FNO3. The van der Waals surface area contributed by atoms with Crippen molar-refractivity contribution in [3.63, 3.8) is 0 Å². The number of phenolic OH excluding ortho intramolecular Hbond substituents is 1. The number of carbonyl (C=O) groups excluding carboxylic acids is 1. The van der Waals surface area contributed by atoms with Gasteiger partial charge in [0.1, 0.15) is 11.6 Å². The Morgan fingerprint density at radius 2 is 2.32 bits per heavy atom. The van der Waals surface area contributed by atoms with Crippen molar-refractivity contribution in [1.82, 2.24) is 4.90 Å². The highest BCUT2D eigenvalue weighted by Gasteiger charge is 2.31. The minimum absolute atomic E-state index is 0.00894. The maximum absolute atomic E-state index is 13.7. The van der Waals surface area contributed by atoms with E-state index in [0.29, 0.717) is 13.2 Å². The second kappa shape index (κ2) is 5.57. The molecule has 1 aromatic rings. The maximum Gasteiger partial charge on any atom is 0.257 e. The van der Waals surface area contributed by atoms with E-state index in [0.717, 1.165) is 12.5 Å². The molecule has 2 atom stereocenters. The van der Waals surface area contributed by atoms with Gasteiger partial charge in [-0.2, -0.15) is 0 Å². The standard InChI is InChI=1S/C14H18FNO3/c1-3-10-8-19-9(2)7-16(10)14(18)12-5-4-11(17)6-13(12)15/h4-6,9-10,17H,3,7-8H2,1-2H3. The number of hydrogen-bond acceptors (Lipinski definition) is 3. The number of morpholine rings is 1. The van der Waals surface area contributed by atoms with E-state index in [1.165, 1.54) is 12.1 Å². The highest BCUT2D eigenvalue weighted by molar-refractivity contribution is 5.95. The van der Waals surface area contributed by atoms with Crippen molar-refractivity contribution in [1.29, 1.82) is 0 Å². The van der Waals surface area contributed by atoms with Crippen molar-refractivity contribution in [2.75, 3.05) is 13.2 Å². The highest BCUT2D eigenvalue weighted by atomic mass is 19.1. The van der Waals surface area contributed by atoms with Crippen LogP contribution in [0.4, 0.5) is 4.39 Å². The van der Waals surface area contributed by atoms with Gasteiger partial charge in [-0.15, -0.1) is 0 Å². The lowest BCUT2D eigenvalue weighted by atomic mass is 10.1. The molecule has 1 amide bonds. The largest absolute Gasteiger partial charge is 0.508 e. The molecule has 1 aliphatic heterocycles. The third-order valence-corrected chi connectivity index (χ3v) is 3.38. The Labute approximate surface area is 111 Å². The molecule has 1 N–H and O–H groups in total. The second-order valence-electron chi connectivity index (χ2n) is 4.83. The number of rotatable bonds is 2. The number of halogens is 1. The second-order valence-corrected chi connectivity index (χ2v) is 4.83. The molecular weight excluding hydrogens is 249 g/mol. The summed E-state index contributed by atoms with van der Waals surface area (Å²) < 4.78 is 19.3. The Kier molecular flexibility index (Phi) is 4.04. The lowest BCUT2D eigenvalue weighted by molar-refractivity contribution is -0.0445. The van der Waals surface area contributed by atoms with Crippen LogP contribution < -0.4 is 0 Å². The zero-order valence-corrected chi connectivity index (χ0v) is 11.1. The van der Waals surface area contributed by atoms with Crippen molar-refractivity contribution in [2.24, 2.45) is 0 Å². The molecule has 2 unspecified atom stereocenters. The van der Waals surface area contributed by atoms with Gasteiger partial charge in [-0.25, -0.2) is 4.39 Å². The molecule has 104 valence electrons. The zero-order chi connectivity index (χ0) is 14.0. The van der Waals surface area contributed by atoms with Crippen LogP contribution >= 0.6 is 0 Å². The first-order chi connectivity index (χ1) is 9.02. The van der Waals surface area contributed by atoms with Crippen molar-refractivity contribution in [3.8, 4) is 5.75 Å². The summed E-state index contributed by atoms with van der Waals surface area (Å²) in [5.41, 5.74) is -0.00894. The monoisotopic (exact) mass is 267 g/mol. The first kappa shape index (κ1) is 13.8. The first-order valence-electron chi connectivity index (χ1n) is 6.44. The van der Waals surface area contributed by atoms with Crippen LogP contribution in [0, 0.1) is 5.82 Å². The topological polar surface area (TPSA) is 49.8 Å². The normalized spacial score (nSPS) is 23.4. The summed E-state index contributed by atoms with van der Waals surface area (Å²) in [6, 6.07) is 3.57. The van der Waals surface area contributed by atoms with Crippen LogP contribution in [0.15, 0.2) is 18.2 Å². The van der Waals surface area contributed by atoms with Gasteiger partial charge >= 0.3 is 0 Å². The van der Waals surface area contributed by atoms with Gasteiger partial charge in [0.25, 0.3) is 5.91 Å². The fourth-order valence-electron chi connectivity index (χ4n) is 2.26. The number of phenols is 1. The summed E-state index contributed by atoms with van der Waals surface area (Å²) in [5, 5.41) is 9.18. The van der Waals surface area contributed by atoms with Crippen LogP contribution in [0.3, 0.4) is 0 Å². The molecule has 1 heterocycles. The highest BCUT2D eigenvalue weighted by Crippen LogP contribution is 2.21. The number of carbonyl (C=O) groups is 1. The van der Waals surface area contributed by atoms with E-state index in [-0.39, 0.29) is 29.4 Å². The SMILES string of the molecule is CCC1COC(C)CN1C(=O)c1ccc(O)cc1F. The van der Waals surface area contributed by atoms with Crippen molar-refractivity contribution >= 4 is 5.91 Å². The molecule has 0 saturated carbocycles. The number of amides is 1. The average Bonchev–Trinajstić information content (AvgIpc) is 2.38. The number of benzene rings is 1. The van der Waals surface area contributed by atoms with Gasteiger partial charge in [0.15, 0.2) is 0 Å². The average molecular weight is 267 g/mol. The zero-order valence-electron chi connectivity index (χ0n) is 11.1. The van der Waals surface area contributed by atoms with Crippen LogP contribution in [-0.4, -0.2) is 41.2 Å². The maximum atomic E-state index is 13.7. The van der Waals surface area contributed by atoms with Gasteiger partial charge in [-0.05, 0) is 25.5 Å². The Balaban J connectivity index is 2.25. The molecule has 1 saturated heterocycles. The smallest absolute Gasteiger partial charge is 0.257 e. The molecule has 1 aliphatic rings. The van der Waals surface area contributed by atoms with Crippen LogP contribution in [0.2, 0.25) is 0 Å². The molecule has 2 rings (SSSR count). The van der Waals surface area contributed by atoms with E-state index in [4.69, 9.17) is 4.74 Å². The summed E-state index contributed by atoms with van der Waals surface area (Å²) >= 11 is 0. The Morgan fingerprint density at radius 3 is 2.95 bits per heavy atom. The predicted octanol–water partition coefficient (Wildman–Crippen LogP) is 2.17. The van der Waals surface area contributed by atoms with E-state index in [2.05, 4.69) is 0 Å². The Morgan fingerprint density at radius 1 is 1.58 bits per heavy atom. The first-order valence-corrected chi connectivity index (χ1v) is 6.44. The quantitative estimate of drug-likeness (QED) is 0.893. The van der Waals surface area contributed by atoms with Crippen LogP contribution in [-0.2, 0) is 4.74 Å². The van der Waals surface area contributed by atoms with Gasteiger partial charge in [0.2, 0.25) is 0 Å². The van der Waals surface area contributed by atoms with Gasteiger partial charge in [0.05, 0.1) is 24.3 Å². The molecule has 1 aromatic carbocycles. The van der Waals surface area contributed by atoms with Gasteiger partial charge in [0, 0.05) is 12.6 Å². The summed E-state index contributed by atoms with van der Waals surface area (Å²) in [7, 11) is 0. The Hall–Kier alpha value is -1.62.